The predicted octanol–water partition coefficient (Wildman–Crippen LogP) is 2.70. The zero-order valence-corrected chi connectivity index (χ0v) is 12.0. The van der Waals surface area contributed by atoms with Gasteiger partial charge in [0.05, 0.1) is 13.2 Å². The summed E-state index contributed by atoms with van der Waals surface area (Å²) in [5.74, 6) is 1.08. The van der Waals surface area contributed by atoms with Gasteiger partial charge in [-0.15, -0.1) is 0 Å². The van der Waals surface area contributed by atoms with Crippen molar-refractivity contribution in [2.45, 2.75) is 40.0 Å². The van der Waals surface area contributed by atoms with Crippen LogP contribution in [0.5, 0.6) is 0 Å². The van der Waals surface area contributed by atoms with Gasteiger partial charge in [0.2, 0.25) is 0 Å². The number of carbonyl (C=O) groups excluding carboxylic acids is 1. The van der Waals surface area contributed by atoms with Gasteiger partial charge < -0.3 is 10.1 Å². The second-order valence-electron chi connectivity index (χ2n) is 3.04. The second kappa shape index (κ2) is 17.2. The summed E-state index contributed by atoms with van der Waals surface area (Å²) in [6.07, 6.45) is 5.76. The molecule has 1 N–H and O–H groups in total. The molecule has 0 aliphatic carbocycles. The largest absolute Gasteiger partial charge is 0.465 e. The molecular formula is C12H27NO2S. The summed E-state index contributed by atoms with van der Waals surface area (Å²) in [4.78, 5) is 10.9. The van der Waals surface area contributed by atoms with E-state index in [1.807, 2.05) is 32.5 Å². The molecule has 0 rings (SSSR count). The molecule has 0 aromatic rings. The Hall–Kier alpha value is -0.220. The van der Waals surface area contributed by atoms with E-state index in [9.17, 15) is 4.79 Å². The van der Waals surface area contributed by atoms with E-state index in [1.54, 1.807) is 0 Å². The molecule has 0 aromatic carbocycles. The van der Waals surface area contributed by atoms with E-state index < -0.39 is 0 Å². The molecule has 0 saturated carbocycles. The number of thioether (sulfide) groups is 1. The lowest BCUT2D eigenvalue weighted by molar-refractivity contribution is -0.141. The summed E-state index contributed by atoms with van der Waals surface area (Å²) in [6, 6.07) is 0. The molecule has 3 nitrogen and oxygen atoms in total. The van der Waals surface area contributed by atoms with Gasteiger partial charge in [0.15, 0.2) is 0 Å². The zero-order chi connectivity index (χ0) is 12.6. The van der Waals surface area contributed by atoms with E-state index in [1.165, 1.54) is 18.6 Å². The van der Waals surface area contributed by atoms with Crippen LogP contribution in [0.15, 0.2) is 0 Å². The summed E-state index contributed by atoms with van der Waals surface area (Å²) in [5.41, 5.74) is 0. The molecule has 0 aliphatic heterocycles. The summed E-state index contributed by atoms with van der Waals surface area (Å²) in [6.45, 7) is 7.54. The Morgan fingerprint density at radius 2 is 1.94 bits per heavy atom. The van der Waals surface area contributed by atoms with Crippen LogP contribution in [0.4, 0.5) is 0 Å². The first-order chi connectivity index (χ1) is 7.81. The third kappa shape index (κ3) is 16.2. The highest BCUT2D eigenvalue weighted by Crippen LogP contribution is 2.00. The van der Waals surface area contributed by atoms with Crippen LogP contribution in [0.25, 0.3) is 0 Å². The number of rotatable bonds is 9. The molecule has 16 heavy (non-hydrogen) atoms. The van der Waals surface area contributed by atoms with Crippen LogP contribution >= 0.6 is 11.8 Å². The number of unbranched alkanes of at least 4 members (excludes halogenated alkanes) is 2. The fourth-order valence-corrected chi connectivity index (χ4v) is 1.57. The third-order valence-corrected chi connectivity index (χ3v) is 2.47. The Labute approximate surface area is 105 Å². The maximum Gasteiger partial charge on any atom is 0.319 e. The number of esters is 1. The van der Waals surface area contributed by atoms with Crippen LogP contribution in [0.1, 0.15) is 40.0 Å². The summed E-state index contributed by atoms with van der Waals surface area (Å²) in [5, 5.41) is 3.07. The van der Waals surface area contributed by atoms with E-state index in [0.717, 1.165) is 13.0 Å². The number of hydrogen-bond acceptors (Lipinski definition) is 4. The van der Waals surface area contributed by atoms with Gasteiger partial charge in [-0.2, -0.15) is 11.8 Å². The fraction of sp³-hybridized carbons (Fsp3) is 0.917. The number of carbonyl (C=O) groups is 1. The Balaban J connectivity index is 0. The molecular weight excluding hydrogens is 222 g/mol. The molecule has 0 unspecified atom stereocenters. The van der Waals surface area contributed by atoms with E-state index in [0.29, 0.717) is 13.2 Å². The van der Waals surface area contributed by atoms with Crippen LogP contribution in [-0.2, 0) is 9.53 Å². The van der Waals surface area contributed by atoms with Crippen molar-refractivity contribution in [1.29, 1.82) is 0 Å². The minimum Gasteiger partial charge on any atom is -0.465 e. The highest BCUT2D eigenvalue weighted by atomic mass is 32.2. The quantitative estimate of drug-likeness (QED) is 0.504. The number of nitrogens with one attached hydrogen (secondary N) is 1. The molecule has 0 amide bonds. The first-order valence-electron chi connectivity index (χ1n) is 6.16. The van der Waals surface area contributed by atoms with Gasteiger partial charge in [-0.3, -0.25) is 4.79 Å². The molecule has 0 saturated heterocycles. The van der Waals surface area contributed by atoms with Crippen LogP contribution in [0.3, 0.4) is 0 Å². The molecule has 0 fully saturated rings. The average molecular weight is 249 g/mol. The molecule has 0 heterocycles. The lowest BCUT2D eigenvalue weighted by Crippen LogP contribution is -2.25. The second-order valence-corrected chi connectivity index (χ2v) is 4.02. The predicted molar refractivity (Wildman–Crippen MR) is 73.1 cm³/mol. The SMILES string of the molecule is CC.CCOC(=O)CNCCCCCSC. The third-order valence-electron chi connectivity index (χ3n) is 1.78. The smallest absolute Gasteiger partial charge is 0.319 e. The Kier molecular flexibility index (Phi) is 19.5. The first-order valence-corrected chi connectivity index (χ1v) is 7.56. The van der Waals surface area contributed by atoms with Crippen LogP contribution in [0, 0.1) is 0 Å². The minimum absolute atomic E-state index is 0.156. The number of hydrogen-bond donors (Lipinski definition) is 1. The van der Waals surface area contributed by atoms with Gasteiger partial charge in [0, 0.05) is 0 Å². The van der Waals surface area contributed by atoms with E-state index in [-0.39, 0.29) is 5.97 Å². The van der Waals surface area contributed by atoms with Gasteiger partial charge in [-0.05, 0) is 38.3 Å². The summed E-state index contributed by atoms with van der Waals surface area (Å²) < 4.78 is 4.78. The van der Waals surface area contributed by atoms with Gasteiger partial charge in [-0.25, -0.2) is 0 Å². The van der Waals surface area contributed by atoms with Crippen molar-refractivity contribution in [3.05, 3.63) is 0 Å². The Bertz CT molecular complexity index is 143. The van der Waals surface area contributed by atoms with Crippen LogP contribution < -0.4 is 5.32 Å². The molecule has 0 bridgehead atoms. The lowest BCUT2D eigenvalue weighted by Gasteiger charge is -2.04. The fourth-order valence-electron chi connectivity index (χ4n) is 1.08. The highest BCUT2D eigenvalue weighted by Gasteiger charge is 1.98. The summed E-state index contributed by atoms with van der Waals surface area (Å²) in [7, 11) is 0. The van der Waals surface area contributed by atoms with Crippen molar-refractivity contribution in [1.82, 2.24) is 5.32 Å². The maximum absolute atomic E-state index is 10.9. The van der Waals surface area contributed by atoms with Gasteiger partial charge in [-0.1, -0.05) is 20.3 Å². The average Bonchev–Trinajstić information content (AvgIpc) is 2.31. The minimum atomic E-state index is -0.156. The van der Waals surface area contributed by atoms with Gasteiger partial charge in [0.25, 0.3) is 0 Å². The van der Waals surface area contributed by atoms with Crippen molar-refractivity contribution in [2.24, 2.45) is 0 Å². The van der Waals surface area contributed by atoms with Crippen molar-refractivity contribution in [3.63, 3.8) is 0 Å². The Morgan fingerprint density at radius 1 is 1.25 bits per heavy atom. The van der Waals surface area contributed by atoms with Crippen molar-refractivity contribution >= 4 is 17.7 Å². The van der Waals surface area contributed by atoms with Crippen molar-refractivity contribution in [2.75, 3.05) is 31.7 Å². The Morgan fingerprint density at radius 3 is 2.50 bits per heavy atom. The van der Waals surface area contributed by atoms with Gasteiger partial charge in [0.1, 0.15) is 0 Å². The molecule has 0 aliphatic rings. The van der Waals surface area contributed by atoms with E-state index >= 15 is 0 Å². The first kappa shape index (κ1) is 18.2. The maximum atomic E-state index is 10.9. The van der Waals surface area contributed by atoms with E-state index in [2.05, 4.69) is 11.6 Å². The zero-order valence-electron chi connectivity index (χ0n) is 11.2. The van der Waals surface area contributed by atoms with Crippen molar-refractivity contribution < 1.29 is 9.53 Å². The summed E-state index contributed by atoms with van der Waals surface area (Å²) >= 11 is 1.88. The molecule has 4 heteroatoms. The topological polar surface area (TPSA) is 38.3 Å². The molecule has 0 atom stereocenters. The standard InChI is InChI=1S/C10H21NO2S.C2H6/c1-3-13-10(12)9-11-7-5-4-6-8-14-2;1-2/h11H,3-9H2,1-2H3;1-2H3. The van der Waals surface area contributed by atoms with E-state index in [4.69, 9.17) is 4.74 Å². The van der Waals surface area contributed by atoms with Gasteiger partial charge >= 0.3 is 5.97 Å². The van der Waals surface area contributed by atoms with Crippen LogP contribution in [-0.4, -0.2) is 37.7 Å². The monoisotopic (exact) mass is 249 g/mol. The molecule has 0 aromatic heterocycles. The van der Waals surface area contributed by atoms with Crippen LogP contribution in [0.2, 0.25) is 0 Å². The molecule has 98 valence electrons. The number of ether oxygens (including phenoxy) is 1. The lowest BCUT2D eigenvalue weighted by atomic mass is 10.2. The van der Waals surface area contributed by atoms with Crippen molar-refractivity contribution in [3.8, 4) is 0 Å². The highest BCUT2D eigenvalue weighted by molar-refractivity contribution is 7.98. The molecule has 0 spiro atoms. The molecule has 0 radical (unpaired) electrons. The normalized spacial score (nSPS) is 9.25.